The number of halogens is 3. The second kappa shape index (κ2) is 6.64. The van der Waals surface area contributed by atoms with Crippen LogP contribution in [0.1, 0.15) is 45.2 Å². The number of aromatic nitrogens is 2. The summed E-state index contributed by atoms with van der Waals surface area (Å²) in [4.78, 5) is 3.31. The van der Waals surface area contributed by atoms with Crippen LogP contribution in [0.3, 0.4) is 0 Å². The fraction of sp³-hybridized carbons (Fsp3) is 0.467. The molecule has 1 N–H and O–H groups in total. The van der Waals surface area contributed by atoms with E-state index >= 15 is 0 Å². The summed E-state index contributed by atoms with van der Waals surface area (Å²) >= 11 is 0. The quantitative estimate of drug-likeness (QED) is 0.898. The largest absolute Gasteiger partial charge is 0.433 e. The first-order valence-electron chi connectivity index (χ1n) is 7.17. The van der Waals surface area contributed by atoms with Crippen LogP contribution >= 0.6 is 0 Å². The standard InChI is InChI=1S/C15H18F3N3O2S/c1-9(21-24(22)14(2,3)4)12-8-11(20-23-12)10-5-6-19-13(7-10)15(16,17)18/h5-9,21H,1-4H3/t9-,24?/m0/s1. The zero-order chi connectivity index (χ0) is 18.1. The van der Waals surface area contributed by atoms with Gasteiger partial charge in [-0.15, -0.1) is 0 Å². The van der Waals surface area contributed by atoms with Gasteiger partial charge in [-0.2, -0.15) is 13.2 Å². The summed E-state index contributed by atoms with van der Waals surface area (Å²) in [7, 11) is -1.32. The van der Waals surface area contributed by atoms with E-state index in [-0.39, 0.29) is 11.3 Å². The van der Waals surface area contributed by atoms with Crippen LogP contribution in [-0.2, 0) is 17.2 Å². The summed E-state index contributed by atoms with van der Waals surface area (Å²) in [5.74, 6) is 0.382. The monoisotopic (exact) mass is 361 g/mol. The van der Waals surface area contributed by atoms with E-state index in [1.807, 2.05) is 20.8 Å². The lowest BCUT2D eigenvalue weighted by Gasteiger charge is -2.20. The van der Waals surface area contributed by atoms with Crippen LogP contribution in [0.5, 0.6) is 0 Å². The Morgan fingerprint density at radius 2 is 1.92 bits per heavy atom. The van der Waals surface area contributed by atoms with Crippen LogP contribution in [0.25, 0.3) is 11.3 Å². The maximum atomic E-state index is 12.7. The molecule has 24 heavy (non-hydrogen) atoms. The highest BCUT2D eigenvalue weighted by Crippen LogP contribution is 2.31. The third-order valence-corrected chi connectivity index (χ3v) is 4.82. The van der Waals surface area contributed by atoms with Crippen molar-refractivity contribution < 1.29 is 21.9 Å². The van der Waals surface area contributed by atoms with Crippen LogP contribution in [0.4, 0.5) is 13.2 Å². The van der Waals surface area contributed by atoms with E-state index in [0.717, 1.165) is 12.3 Å². The van der Waals surface area contributed by atoms with E-state index in [9.17, 15) is 17.4 Å². The topological polar surface area (TPSA) is 68.0 Å². The van der Waals surface area contributed by atoms with E-state index in [0.29, 0.717) is 5.76 Å². The summed E-state index contributed by atoms with van der Waals surface area (Å²) < 4.78 is 57.9. The van der Waals surface area contributed by atoms with Gasteiger partial charge in [0.05, 0.1) is 21.8 Å². The van der Waals surface area contributed by atoms with Gasteiger partial charge in [0.1, 0.15) is 11.4 Å². The fourth-order valence-corrected chi connectivity index (χ4v) is 2.56. The van der Waals surface area contributed by atoms with Crippen LogP contribution < -0.4 is 4.72 Å². The van der Waals surface area contributed by atoms with Gasteiger partial charge in [0, 0.05) is 17.8 Å². The summed E-state index contributed by atoms with van der Waals surface area (Å²) in [5.41, 5.74) is -0.492. The van der Waals surface area contributed by atoms with Gasteiger partial charge in [-0.3, -0.25) is 4.98 Å². The smallest absolute Gasteiger partial charge is 0.359 e. The summed E-state index contributed by atoms with van der Waals surface area (Å²) in [6, 6.07) is 3.44. The summed E-state index contributed by atoms with van der Waals surface area (Å²) in [6.07, 6.45) is -3.45. The van der Waals surface area contributed by atoms with Gasteiger partial charge in [-0.1, -0.05) is 5.16 Å². The van der Waals surface area contributed by atoms with Gasteiger partial charge >= 0.3 is 6.18 Å². The molecule has 132 valence electrons. The molecule has 5 nitrogen and oxygen atoms in total. The lowest BCUT2D eigenvalue weighted by atomic mass is 10.1. The Hall–Kier alpha value is -1.74. The maximum absolute atomic E-state index is 12.7. The zero-order valence-electron chi connectivity index (χ0n) is 13.6. The van der Waals surface area contributed by atoms with Gasteiger partial charge in [0.2, 0.25) is 0 Å². The number of nitrogens with one attached hydrogen (secondary N) is 1. The Morgan fingerprint density at radius 3 is 2.50 bits per heavy atom. The second-order valence-electron chi connectivity index (χ2n) is 6.26. The number of rotatable bonds is 4. The lowest BCUT2D eigenvalue weighted by Crippen LogP contribution is -2.34. The van der Waals surface area contributed by atoms with Crippen LogP contribution in [0, 0.1) is 0 Å². The van der Waals surface area contributed by atoms with Gasteiger partial charge < -0.3 is 4.52 Å². The van der Waals surface area contributed by atoms with Gasteiger partial charge in [0.15, 0.2) is 5.76 Å². The Balaban J connectivity index is 2.21. The molecule has 0 aliphatic heterocycles. The van der Waals surface area contributed by atoms with Gasteiger partial charge in [0.25, 0.3) is 0 Å². The third-order valence-electron chi connectivity index (χ3n) is 3.14. The molecule has 0 saturated heterocycles. The Labute approximate surface area is 140 Å². The predicted molar refractivity (Wildman–Crippen MR) is 84.2 cm³/mol. The van der Waals surface area contributed by atoms with Crippen LogP contribution in [-0.4, -0.2) is 19.1 Å². The average Bonchev–Trinajstić information content (AvgIpc) is 2.95. The molecule has 2 aromatic rings. The Morgan fingerprint density at radius 1 is 1.25 bits per heavy atom. The van der Waals surface area contributed by atoms with Crippen LogP contribution in [0.2, 0.25) is 0 Å². The number of hydrogen-bond donors (Lipinski definition) is 1. The first kappa shape index (κ1) is 18.6. The summed E-state index contributed by atoms with van der Waals surface area (Å²) in [6.45, 7) is 7.21. The molecule has 0 aliphatic rings. The van der Waals surface area contributed by atoms with Gasteiger partial charge in [-0.05, 0) is 39.8 Å². The lowest BCUT2D eigenvalue weighted by molar-refractivity contribution is -0.141. The minimum atomic E-state index is -4.53. The van der Waals surface area contributed by atoms with E-state index < -0.39 is 33.6 Å². The van der Waals surface area contributed by atoms with Crippen molar-refractivity contribution in [3.63, 3.8) is 0 Å². The van der Waals surface area contributed by atoms with E-state index in [2.05, 4.69) is 14.9 Å². The van der Waals surface area contributed by atoms with Gasteiger partial charge in [-0.25, -0.2) is 8.93 Å². The van der Waals surface area contributed by atoms with Crippen molar-refractivity contribution >= 4 is 11.0 Å². The molecule has 1 unspecified atom stereocenters. The number of nitrogens with zero attached hydrogens (tertiary/aromatic N) is 2. The van der Waals surface area contributed by atoms with Crippen molar-refractivity contribution in [3.8, 4) is 11.3 Å². The van der Waals surface area contributed by atoms with Crippen molar-refractivity contribution in [2.45, 2.75) is 44.7 Å². The maximum Gasteiger partial charge on any atom is 0.433 e. The van der Waals surface area contributed by atoms with Crippen molar-refractivity contribution in [3.05, 3.63) is 35.9 Å². The molecule has 0 aromatic carbocycles. The van der Waals surface area contributed by atoms with Crippen LogP contribution in [0.15, 0.2) is 28.9 Å². The molecule has 2 rings (SSSR count). The highest BCUT2D eigenvalue weighted by Gasteiger charge is 2.32. The molecule has 0 amide bonds. The Bertz CT molecular complexity index is 738. The minimum Gasteiger partial charge on any atom is -0.359 e. The first-order valence-corrected chi connectivity index (χ1v) is 8.32. The molecule has 0 spiro atoms. The molecule has 0 aliphatic carbocycles. The minimum absolute atomic E-state index is 0.247. The Kier molecular flexibility index (Phi) is 5.14. The van der Waals surface area contributed by atoms with E-state index in [1.165, 1.54) is 12.1 Å². The highest BCUT2D eigenvalue weighted by molar-refractivity contribution is 7.84. The molecule has 9 heteroatoms. The number of alkyl halides is 3. The normalized spacial score (nSPS) is 15.3. The molecular weight excluding hydrogens is 343 g/mol. The highest BCUT2D eigenvalue weighted by atomic mass is 32.2. The van der Waals surface area contributed by atoms with Crippen molar-refractivity contribution in [1.29, 1.82) is 0 Å². The van der Waals surface area contributed by atoms with Crippen molar-refractivity contribution in [2.24, 2.45) is 0 Å². The first-order chi connectivity index (χ1) is 11.0. The zero-order valence-corrected chi connectivity index (χ0v) is 14.5. The van der Waals surface area contributed by atoms with E-state index in [4.69, 9.17) is 4.52 Å². The third kappa shape index (κ3) is 4.41. The molecule has 0 bridgehead atoms. The van der Waals surface area contributed by atoms with Crippen molar-refractivity contribution in [2.75, 3.05) is 0 Å². The molecule has 2 heterocycles. The van der Waals surface area contributed by atoms with E-state index in [1.54, 1.807) is 6.92 Å². The van der Waals surface area contributed by atoms with Crippen molar-refractivity contribution in [1.82, 2.24) is 14.9 Å². The fourth-order valence-electron chi connectivity index (χ4n) is 1.77. The second-order valence-corrected chi connectivity index (χ2v) is 8.26. The molecule has 0 fully saturated rings. The summed E-state index contributed by atoms with van der Waals surface area (Å²) in [5, 5.41) is 3.79. The number of pyridine rings is 1. The molecule has 2 atom stereocenters. The SMILES string of the molecule is C[C@H](NS(=O)C(C)(C)C)c1cc(-c2ccnc(C(F)(F)F)c2)no1. The molecular formula is C15H18F3N3O2S. The molecule has 2 aromatic heterocycles. The molecule has 0 saturated carbocycles. The molecule has 0 radical (unpaired) electrons. The predicted octanol–water partition coefficient (Wildman–Crippen LogP) is 3.87. The number of hydrogen-bond acceptors (Lipinski definition) is 4. The average molecular weight is 361 g/mol.